The lowest BCUT2D eigenvalue weighted by Gasteiger charge is -2.23. The monoisotopic (exact) mass is 225 g/mol. The van der Waals surface area contributed by atoms with Crippen LogP contribution in [0.25, 0.3) is 0 Å². The molecule has 5 nitrogen and oxygen atoms in total. The first kappa shape index (κ1) is 11.1. The summed E-state index contributed by atoms with van der Waals surface area (Å²) in [5, 5.41) is 2.83. The lowest BCUT2D eigenvalue weighted by molar-refractivity contribution is -0.148. The maximum Gasteiger partial charge on any atom is 0.306 e. The summed E-state index contributed by atoms with van der Waals surface area (Å²) < 4.78 is 4.87. The van der Waals surface area contributed by atoms with Gasteiger partial charge in [0.05, 0.1) is 0 Å². The summed E-state index contributed by atoms with van der Waals surface area (Å²) in [6, 6.07) is 0.0597. The molecule has 5 heteroatoms. The highest BCUT2D eigenvalue weighted by Gasteiger charge is 2.31. The van der Waals surface area contributed by atoms with Crippen molar-refractivity contribution in [2.75, 3.05) is 0 Å². The molecular formula is C11H15NO4. The van der Waals surface area contributed by atoms with Crippen molar-refractivity contribution in [3.05, 3.63) is 0 Å². The van der Waals surface area contributed by atoms with Crippen LogP contribution in [-0.4, -0.2) is 29.8 Å². The molecule has 0 aromatic carbocycles. The largest absolute Gasteiger partial charge is 0.452 e. The first-order valence-corrected chi connectivity index (χ1v) is 5.66. The van der Waals surface area contributed by atoms with Crippen LogP contribution in [0.1, 0.15) is 38.5 Å². The molecule has 1 saturated heterocycles. The van der Waals surface area contributed by atoms with Crippen LogP contribution in [0.2, 0.25) is 0 Å². The normalized spacial score (nSPS) is 26.6. The number of esters is 1. The average Bonchev–Trinajstić information content (AvgIpc) is 2.68. The van der Waals surface area contributed by atoms with Gasteiger partial charge in [0.2, 0.25) is 0 Å². The Bertz CT molecular complexity index is 316. The number of carbonyl (C=O) groups excluding carboxylic acids is 3. The van der Waals surface area contributed by atoms with E-state index in [0.717, 1.165) is 0 Å². The zero-order valence-electron chi connectivity index (χ0n) is 9.03. The number of hydrogen-bond donors (Lipinski definition) is 1. The Hall–Kier alpha value is -1.39. The Labute approximate surface area is 93.5 Å². The lowest BCUT2D eigenvalue weighted by atomic mass is 9.94. The van der Waals surface area contributed by atoms with Crippen LogP contribution in [0.15, 0.2) is 0 Å². The van der Waals surface area contributed by atoms with Crippen LogP contribution in [0.5, 0.6) is 0 Å². The molecule has 1 aliphatic heterocycles. The van der Waals surface area contributed by atoms with Crippen molar-refractivity contribution in [3.8, 4) is 0 Å². The van der Waals surface area contributed by atoms with E-state index < -0.39 is 6.10 Å². The fourth-order valence-corrected chi connectivity index (χ4v) is 2.09. The number of nitrogens with one attached hydrogen (secondary N) is 1. The Balaban J connectivity index is 1.79. The van der Waals surface area contributed by atoms with E-state index in [2.05, 4.69) is 5.32 Å². The molecule has 1 heterocycles. The van der Waals surface area contributed by atoms with Gasteiger partial charge in [0.15, 0.2) is 6.10 Å². The van der Waals surface area contributed by atoms with Gasteiger partial charge < -0.3 is 10.1 Å². The number of hydrogen-bond acceptors (Lipinski definition) is 4. The first-order chi connectivity index (χ1) is 7.65. The molecule has 0 radical (unpaired) electrons. The summed E-state index contributed by atoms with van der Waals surface area (Å²) in [4.78, 5) is 33.5. The highest BCUT2D eigenvalue weighted by atomic mass is 16.6. The molecule has 1 N–H and O–H groups in total. The molecule has 1 amide bonds. The van der Waals surface area contributed by atoms with Gasteiger partial charge in [0.1, 0.15) is 5.78 Å². The van der Waals surface area contributed by atoms with Crippen LogP contribution in [0.4, 0.5) is 0 Å². The van der Waals surface area contributed by atoms with Gasteiger partial charge in [-0.3, -0.25) is 14.4 Å². The summed E-state index contributed by atoms with van der Waals surface area (Å²) in [6.07, 6.45) is 2.64. The number of cyclic esters (lactones) is 1. The van der Waals surface area contributed by atoms with Gasteiger partial charge in [-0.1, -0.05) is 0 Å². The van der Waals surface area contributed by atoms with Gasteiger partial charge in [-0.2, -0.15) is 0 Å². The van der Waals surface area contributed by atoms with Gasteiger partial charge in [-0.15, -0.1) is 0 Å². The predicted molar refractivity (Wildman–Crippen MR) is 54.5 cm³/mol. The fraction of sp³-hybridized carbons (Fsp3) is 0.727. The molecular weight excluding hydrogens is 210 g/mol. The molecule has 1 unspecified atom stereocenters. The summed E-state index contributed by atoms with van der Waals surface area (Å²) in [7, 11) is 0. The molecule has 2 fully saturated rings. The number of carbonyl (C=O) groups is 3. The number of rotatable bonds is 2. The van der Waals surface area contributed by atoms with E-state index in [1.165, 1.54) is 0 Å². The molecule has 1 aliphatic carbocycles. The minimum absolute atomic E-state index is 0.0597. The molecule has 2 rings (SSSR count). The molecule has 0 aromatic heterocycles. The highest BCUT2D eigenvalue weighted by Crippen LogP contribution is 2.17. The maximum atomic E-state index is 11.7. The molecule has 1 saturated carbocycles. The molecule has 0 bridgehead atoms. The SMILES string of the molecule is O=C1CCC(NC(=O)C2CCC(=O)O2)CC1. The second kappa shape index (κ2) is 4.63. The van der Waals surface area contributed by atoms with Gasteiger partial charge in [-0.05, 0) is 12.8 Å². The predicted octanol–water partition coefficient (Wildman–Crippen LogP) is 0.320. The van der Waals surface area contributed by atoms with Crippen LogP contribution in [-0.2, 0) is 19.1 Å². The summed E-state index contributed by atoms with van der Waals surface area (Å²) in [5.41, 5.74) is 0. The van der Waals surface area contributed by atoms with E-state index in [-0.39, 0.29) is 23.7 Å². The molecule has 0 spiro atoms. The maximum absolute atomic E-state index is 11.7. The summed E-state index contributed by atoms with van der Waals surface area (Å²) in [6.45, 7) is 0. The van der Waals surface area contributed by atoms with E-state index in [0.29, 0.717) is 38.5 Å². The topological polar surface area (TPSA) is 72.5 Å². The number of Topliss-reactive ketones (excluding diaryl/α,β-unsaturated/α-hetero) is 1. The van der Waals surface area contributed by atoms with Crippen LogP contribution < -0.4 is 5.32 Å². The Morgan fingerprint density at radius 2 is 1.81 bits per heavy atom. The third-order valence-corrected chi connectivity index (χ3v) is 3.07. The smallest absolute Gasteiger partial charge is 0.306 e. The Morgan fingerprint density at radius 3 is 2.38 bits per heavy atom. The van der Waals surface area contributed by atoms with Crippen molar-refractivity contribution in [2.45, 2.75) is 50.7 Å². The second-order valence-corrected chi connectivity index (χ2v) is 4.34. The van der Waals surface area contributed by atoms with Crippen molar-refractivity contribution >= 4 is 17.7 Å². The van der Waals surface area contributed by atoms with Crippen molar-refractivity contribution in [2.24, 2.45) is 0 Å². The summed E-state index contributed by atoms with van der Waals surface area (Å²) >= 11 is 0. The minimum Gasteiger partial charge on any atom is -0.452 e. The third kappa shape index (κ3) is 2.59. The van der Waals surface area contributed by atoms with Gasteiger partial charge in [-0.25, -0.2) is 0 Å². The van der Waals surface area contributed by atoms with E-state index in [1.54, 1.807) is 0 Å². The molecule has 2 aliphatic rings. The number of amides is 1. The van der Waals surface area contributed by atoms with E-state index in [4.69, 9.17) is 4.74 Å². The average molecular weight is 225 g/mol. The Kier molecular flexibility index (Phi) is 3.22. The summed E-state index contributed by atoms with van der Waals surface area (Å²) in [5.74, 6) is -0.262. The van der Waals surface area contributed by atoms with Crippen LogP contribution in [0.3, 0.4) is 0 Å². The quantitative estimate of drug-likeness (QED) is 0.687. The molecule has 1 atom stereocenters. The first-order valence-electron chi connectivity index (χ1n) is 5.66. The zero-order chi connectivity index (χ0) is 11.5. The fourth-order valence-electron chi connectivity index (χ4n) is 2.09. The van der Waals surface area contributed by atoms with E-state index >= 15 is 0 Å². The van der Waals surface area contributed by atoms with Gasteiger partial charge >= 0.3 is 5.97 Å². The Morgan fingerprint density at radius 1 is 1.12 bits per heavy atom. The number of ether oxygens (including phenoxy) is 1. The number of ketones is 1. The van der Waals surface area contributed by atoms with Crippen LogP contribution in [0, 0.1) is 0 Å². The molecule has 88 valence electrons. The molecule has 16 heavy (non-hydrogen) atoms. The van der Waals surface area contributed by atoms with E-state index in [9.17, 15) is 14.4 Å². The second-order valence-electron chi connectivity index (χ2n) is 4.34. The molecule has 0 aromatic rings. The van der Waals surface area contributed by atoms with Crippen molar-refractivity contribution in [3.63, 3.8) is 0 Å². The van der Waals surface area contributed by atoms with Gasteiger partial charge in [0, 0.05) is 31.7 Å². The zero-order valence-corrected chi connectivity index (χ0v) is 9.03. The van der Waals surface area contributed by atoms with E-state index in [1.807, 2.05) is 0 Å². The highest BCUT2D eigenvalue weighted by molar-refractivity contribution is 5.87. The minimum atomic E-state index is -0.620. The third-order valence-electron chi connectivity index (χ3n) is 3.07. The standard InChI is InChI=1S/C11H15NO4/c13-8-3-1-7(2-4-8)12-11(15)9-5-6-10(14)16-9/h7,9H,1-6H2,(H,12,15). The van der Waals surface area contributed by atoms with Crippen molar-refractivity contribution in [1.82, 2.24) is 5.32 Å². The van der Waals surface area contributed by atoms with Crippen molar-refractivity contribution < 1.29 is 19.1 Å². The van der Waals surface area contributed by atoms with Crippen molar-refractivity contribution in [1.29, 1.82) is 0 Å². The van der Waals surface area contributed by atoms with Gasteiger partial charge in [0.25, 0.3) is 5.91 Å². The lowest BCUT2D eigenvalue weighted by Crippen LogP contribution is -2.43. The van der Waals surface area contributed by atoms with Crippen LogP contribution >= 0.6 is 0 Å².